The van der Waals surface area contributed by atoms with Gasteiger partial charge in [-0.25, -0.2) is 0 Å². The highest BCUT2D eigenvalue weighted by atomic mass is 79.9. The van der Waals surface area contributed by atoms with Gasteiger partial charge in [-0.3, -0.25) is 10.1 Å². The second kappa shape index (κ2) is 5.12. The standard InChI is InChI=1S/C11H13BrN2O2/c1-8(13(2)3)6-9-4-5-10(14(15)16)7-11(9)12/h4-7H,1-3H3. The molecule has 0 fully saturated rings. The van der Waals surface area contributed by atoms with Crippen LogP contribution in [0.4, 0.5) is 5.69 Å². The van der Waals surface area contributed by atoms with E-state index in [1.54, 1.807) is 6.07 Å². The molecule has 86 valence electrons. The van der Waals surface area contributed by atoms with Gasteiger partial charge in [0.1, 0.15) is 0 Å². The molecule has 0 heterocycles. The van der Waals surface area contributed by atoms with Crippen molar-refractivity contribution < 1.29 is 4.92 Å². The summed E-state index contributed by atoms with van der Waals surface area (Å²) in [7, 11) is 3.90. The van der Waals surface area contributed by atoms with Gasteiger partial charge in [-0.1, -0.05) is 0 Å². The summed E-state index contributed by atoms with van der Waals surface area (Å²) < 4.78 is 0.725. The Labute approximate surface area is 103 Å². The van der Waals surface area contributed by atoms with Crippen molar-refractivity contribution in [2.45, 2.75) is 6.92 Å². The lowest BCUT2D eigenvalue weighted by Crippen LogP contribution is -2.07. The topological polar surface area (TPSA) is 46.4 Å². The predicted octanol–water partition coefficient (Wildman–Crippen LogP) is 3.28. The number of allylic oxidation sites excluding steroid dienone is 1. The molecule has 0 saturated heterocycles. The molecule has 5 heteroatoms. The van der Waals surface area contributed by atoms with Gasteiger partial charge in [0, 0.05) is 36.4 Å². The van der Waals surface area contributed by atoms with E-state index < -0.39 is 4.92 Å². The average Bonchev–Trinajstić information content (AvgIpc) is 2.20. The lowest BCUT2D eigenvalue weighted by atomic mass is 10.2. The van der Waals surface area contributed by atoms with Gasteiger partial charge in [0.15, 0.2) is 0 Å². The van der Waals surface area contributed by atoms with Crippen molar-refractivity contribution in [1.29, 1.82) is 0 Å². The second-order valence-corrected chi connectivity index (χ2v) is 4.50. The number of rotatable bonds is 3. The summed E-state index contributed by atoms with van der Waals surface area (Å²) in [5.74, 6) is 0. The molecule has 0 N–H and O–H groups in total. The zero-order chi connectivity index (χ0) is 12.3. The number of nitro benzene ring substituents is 1. The van der Waals surface area contributed by atoms with Gasteiger partial charge in [0.05, 0.1) is 4.92 Å². The van der Waals surface area contributed by atoms with E-state index in [4.69, 9.17) is 0 Å². The van der Waals surface area contributed by atoms with Crippen molar-refractivity contribution in [3.8, 4) is 0 Å². The molecule has 0 aliphatic carbocycles. The van der Waals surface area contributed by atoms with E-state index in [0.717, 1.165) is 15.7 Å². The van der Waals surface area contributed by atoms with Gasteiger partial charge in [0.25, 0.3) is 5.69 Å². The first-order chi connectivity index (χ1) is 7.41. The molecular weight excluding hydrogens is 272 g/mol. The van der Waals surface area contributed by atoms with Crippen molar-refractivity contribution >= 4 is 27.7 Å². The quantitative estimate of drug-likeness (QED) is 0.632. The predicted molar refractivity (Wildman–Crippen MR) is 68.1 cm³/mol. The van der Waals surface area contributed by atoms with Gasteiger partial charge in [-0.15, -0.1) is 0 Å². The Hall–Kier alpha value is -1.36. The van der Waals surface area contributed by atoms with E-state index in [9.17, 15) is 10.1 Å². The maximum Gasteiger partial charge on any atom is 0.270 e. The number of nitro groups is 1. The van der Waals surface area contributed by atoms with E-state index in [-0.39, 0.29) is 5.69 Å². The Morgan fingerprint density at radius 2 is 2.12 bits per heavy atom. The molecule has 0 bridgehead atoms. The van der Waals surface area contributed by atoms with Crippen molar-refractivity contribution in [2.75, 3.05) is 14.1 Å². The van der Waals surface area contributed by atoms with E-state index in [1.807, 2.05) is 32.0 Å². The third kappa shape index (κ3) is 3.06. The monoisotopic (exact) mass is 284 g/mol. The van der Waals surface area contributed by atoms with Gasteiger partial charge in [0.2, 0.25) is 0 Å². The van der Waals surface area contributed by atoms with Gasteiger partial charge >= 0.3 is 0 Å². The Kier molecular flexibility index (Phi) is 4.06. The molecule has 16 heavy (non-hydrogen) atoms. The Morgan fingerprint density at radius 1 is 1.50 bits per heavy atom. The van der Waals surface area contributed by atoms with Crippen LogP contribution in [0.1, 0.15) is 12.5 Å². The fourth-order valence-corrected chi connectivity index (χ4v) is 1.58. The minimum atomic E-state index is -0.406. The number of halogens is 1. The largest absolute Gasteiger partial charge is 0.381 e. The minimum absolute atomic E-state index is 0.0894. The van der Waals surface area contributed by atoms with Crippen LogP contribution in [0.15, 0.2) is 28.4 Å². The number of hydrogen-bond donors (Lipinski definition) is 0. The van der Waals surface area contributed by atoms with Gasteiger partial charge < -0.3 is 4.90 Å². The summed E-state index contributed by atoms with van der Waals surface area (Å²) in [6.07, 6.45) is 1.97. The molecule has 0 saturated carbocycles. The van der Waals surface area contributed by atoms with Crippen LogP contribution in [0.3, 0.4) is 0 Å². The second-order valence-electron chi connectivity index (χ2n) is 3.64. The highest BCUT2D eigenvalue weighted by Gasteiger charge is 2.07. The third-order valence-corrected chi connectivity index (χ3v) is 2.95. The Bertz CT molecular complexity index is 442. The first-order valence-corrected chi connectivity index (χ1v) is 5.50. The normalized spacial score (nSPS) is 11.4. The molecule has 0 atom stereocenters. The molecule has 0 unspecified atom stereocenters. The molecule has 0 aliphatic heterocycles. The number of non-ortho nitro benzene ring substituents is 1. The van der Waals surface area contributed by atoms with Crippen LogP contribution in [0, 0.1) is 10.1 Å². The van der Waals surface area contributed by atoms with E-state index in [2.05, 4.69) is 15.9 Å². The molecule has 1 aromatic rings. The van der Waals surface area contributed by atoms with Crippen LogP contribution in [-0.4, -0.2) is 23.9 Å². The number of hydrogen-bond acceptors (Lipinski definition) is 3. The van der Waals surface area contributed by atoms with Crippen LogP contribution in [0.2, 0.25) is 0 Å². The maximum absolute atomic E-state index is 10.6. The average molecular weight is 285 g/mol. The van der Waals surface area contributed by atoms with Crippen LogP contribution in [0.25, 0.3) is 6.08 Å². The van der Waals surface area contributed by atoms with Crippen LogP contribution >= 0.6 is 15.9 Å². The molecule has 4 nitrogen and oxygen atoms in total. The molecular formula is C11H13BrN2O2. The first-order valence-electron chi connectivity index (χ1n) is 4.71. The first kappa shape index (κ1) is 12.7. The lowest BCUT2D eigenvalue weighted by molar-refractivity contribution is -0.384. The van der Waals surface area contributed by atoms with Crippen molar-refractivity contribution in [3.05, 3.63) is 44.0 Å². The molecule has 0 aliphatic rings. The van der Waals surface area contributed by atoms with E-state index in [1.165, 1.54) is 12.1 Å². The highest BCUT2D eigenvalue weighted by molar-refractivity contribution is 9.10. The van der Waals surface area contributed by atoms with Crippen LogP contribution < -0.4 is 0 Å². The van der Waals surface area contributed by atoms with Crippen LogP contribution in [-0.2, 0) is 0 Å². The summed E-state index contributed by atoms with van der Waals surface area (Å²) in [5.41, 5.74) is 2.10. The van der Waals surface area contributed by atoms with Crippen molar-refractivity contribution in [2.24, 2.45) is 0 Å². The minimum Gasteiger partial charge on any atom is -0.381 e. The maximum atomic E-state index is 10.6. The fraction of sp³-hybridized carbons (Fsp3) is 0.273. The summed E-state index contributed by atoms with van der Waals surface area (Å²) in [6.45, 7) is 1.98. The van der Waals surface area contributed by atoms with E-state index >= 15 is 0 Å². The Balaban J connectivity index is 3.09. The zero-order valence-electron chi connectivity index (χ0n) is 9.40. The SMILES string of the molecule is CC(=Cc1ccc([N+](=O)[O-])cc1Br)N(C)C. The number of benzene rings is 1. The lowest BCUT2D eigenvalue weighted by Gasteiger charge is -2.12. The van der Waals surface area contributed by atoms with E-state index in [0.29, 0.717) is 0 Å². The summed E-state index contributed by atoms with van der Waals surface area (Å²) in [5, 5.41) is 10.6. The molecule has 0 aromatic heterocycles. The molecule has 0 radical (unpaired) electrons. The molecule has 0 amide bonds. The smallest absolute Gasteiger partial charge is 0.270 e. The zero-order valence-corrected chi connectivity index (χ0v) is 11.0. The summed E-state index contributed by atoms with van der Waals surface area (Å²) in [6, 6.07) is 4.74. The van der Waals surface area contributed by atoms with Gasteiger partial charge in [-0.05, 0) is 40.6 Å². The van der Waals surface area contributed by atoms with Crippen LogP contribution in [0.5, 0.6) is 0 Å². The highest BCUT2D eigenvalue weighted by Crippen LogP contribution is 2.25. The van der Waals surface area contributed by atoms with Crippen molar-refractivity contribution in [3.63, 3.8) is 0 Å². The van der Waals surface area contributed by atoms with Gasteiger partial charge in [-0.2, -0.15) is 0 Å². The Morgan fingerprint density at radius 3 is 2.56 bits per heavy atom. The number of nitrogens with zero attached hydrogens (tertiary/aromatic N) is 2. The third-order valence-electron chi connectivity index (χ3n) is 2.26. The molecule has 0 spiro atoms. The fourth-order valence-electron chi connectivity index (χ4n) is 1.10. The summed E-state index contributed by atoms with van der Waals surface area (Å²) >= 11 is 3.33. The molecule has 1 aromatic carbocycles. The molecule has 1 rings (SSSR count). The summed E-state index contributed by atoms with van der Waals surface area (Å²) in [4.78, 5) is 12.1. The van der Waals surface area contributed by atoms with Crippen molar-refractivity contribution in [1.82, 2.24) is 4.90 Å².